The number of benzene rings is 1. The van der Waals surface area contributed by atoms with Gasteiger partial charge in [-0.1, -0.05) is 11.6 Å². The van der Waals surface area contributed by atoms with Crippen molar-refractivity contribution in [3.63, 3.8) is 0 Å². The van der Waals surface area contributed by atoms with Gasteiger partial charge in [-0.25, -0.2) is 17.2 Å². The first-order chi connectivity index (χ1) is 8.25. The van der Waals surface area contributed by atoms with Crippen LogP contribution in [0.5, 0.6) is 5.75 Å². The summed E-state index contributed by atoms with van der Waals surface area (Å²) in [6.07, 6.45) is 0. The lowest BCUT2D eigenvalue weighted by Crippen LogP contribution is -2.04. The highest BCUT2D eigenvalue weighted by Gasteiger charge is 2.19. The van der Waals surface area contributed by atoms with E-state index < -0.39 is 31.3 Å². The molecule has 0 N–H and O–H groups in total. The first kappa shape index (κ1) is 15.2. The molecule has 0 saturated carbocycles. The third-order valence-corrected chi connectivity index (χ3v) is 3.59. The molecular weight excluding hydrogens is 309 g/mol. The summed E-state index contributed by atoms with van der Waals surface area (Å²) in [6, 6.07) is 1.17. The van der Waals surface area contributed by atoms with E-state index in [0.29, 0.717) is 17.7 Å². The van der Waals surface area contributed by atoms with Crippen molar-refractivity contribution >= 4 is 31.3 Å². The third kappa shape index (κ3) is 3.83. The second-order valence-electron chi connectivity index (χ2n) is 3.40. The van der Waals surface area contributed by atoms with E-state index >= 15 is 0 Å². The smallest absolute Gasteiger partial charge is 0.261 e. The molecule has 8 heteroatoms. The molecule has 1 rings (SSSR count). The van der Waals surface area contributed by atoms with E-state index in [1.54, 1.807) is 6.92 Å². The molecule has 0 amide bonds. The van der Waals surface area contributed by atoms with Gasteiger partial charge in [0, 0.05) is 16.2 Å². The fourth-order valence-electron chi connectivity index (χ4n) is 1.03. The number of hydrogen-bond donors (Lipinski definition) is 0. The number of ether oxygens (including phenoxy) is 1. The van der Waals surface area contributed by atoms with E-state index in [1.807, 2.05) is 0 Å². The molecule has 0 aliphatic rings. The lowest BCUT2D eigenvalue weighted by molar-refractivity contribution is 0.311. The van der Waals surface area contributed by atoms with Crippen LogP contribution in [0.25, 0.3) is 0 Å². The number of halogens is 4. The largest absolute Gasteiger partial charge is 0.483 e. The van der Waals surface area contributed by atoms with Crippen molar-refractivity contribution in [2.75, 3.05) is 6.61 Å². The van der Waals surface area contributed by atoms with Gasteiger partial charge in [-0.3, -0.25) is 0 Å². The quantitative estimate of drug-likeness (QED) is 0.799. The molecule has 0 aliphatic carbocycles. The lowest BCUT2D eigenvalue weighted by Gasteiger charge is -2.09. The van der Waals surface area contributed by atoms with Gasteiger partial charge in [0.2, 0.25) is 0 Å². The first-order valence-electron chi connectivity index (χ1n) is 4.58. The average molecular weight is 317 g/mol. The van der Waals surface area contributed by atoms with Crippen LogP contribution in [0.1, 0.15) is 6.92 Å². The second-order valence-corrected chi connectivity index (χ2v) is 6.18. The van der Waals surface area contributed by atoms with E-state index in [4.69, 9.17) is 27.0 Å². The van der Waals surface area contributed by atoms with Crippen molar-refractivity contribution in [2.24, 2.45) is 0 Å². The standard InChI is InChI=1S/C10H8Cl2F2O3S/c1-6(4-11)5-17-10-8(13)2-7(3-9(10)14)18(12,15)16/h2-4H,5H2,1H3. The van der Waals surface area contributed by atoms with Crippen molar-refractivity contribution < 1.29 is 21.9 Å². The van der Waals surface area contributed by atoms with Gasteiger partial charge in [0.05, 0.1) is 4.90 Å². The van der Waals surface area contributed by atoms with Gasteiger partial charge in [-0.05, 0) is 24.6 Å². The third-order valence-electron chi connectivity index (χ3n) is 1.88. The van der Waals surface area contributed by atoms with E-state index in [9.17, 15) is 17.2 Å². The fourth-order valence-corrected chi connectivity index (χ4v) is 1.85. The lowest BCUT2D eigenvalue weighted by atomic mass is 10.3. The highest BCUT2D eigenvalue weighted by molar-refractivity contribution is 8.13. The van der Waals surface area contributed by atoms with Crippen LogP contribution in [0.2, 0.25) is 0 Å². The van der Waals surface area contributed by atoms with E-state index in [1.165, 1.54) is 5.54 Å². The van der Waals surface area contributed by atoms with Gasteiger partial charge in [-0.2, -0.15) is 0 Å². The summed E-state index contributed by atoms with van der Waals surface area (Å²) in [7, 11) is 0.780. The van der Waals surface area contributed by atoms with Crippen LogP contribution in [0.3, 0.4) is 0 Å². The SMILES string of the molecule is CC(=CCl)COc1c(F)cc(S(=O)(=O)Cl)cc1F. The normalized spacial score (nSPS) is 12.6. The number of rotatable bonds is 4. The van der Waals surface area contributed by atoms with Gasteiger partial charge in [0.15, 0.2) is 17.4 Å². The Morgan fingerprint density at radius 2 is 1.89 bits per heavy atom. The summed E-state index contributed by atoms with van der Waals surface area (Å²) in [5.74, 6) is -3.00. The molecule has 0 heterocycles. The maximum Gasteiger partial charge on any atom is 0.261 e. The monoisotopic (exact) mass is 316 g/mol. The van der Waals surface area contributed by atoms with Gasteiger partial charge in [0.1, 0.15) is 6.61 Å². The first-order valence-corrected chi connectivity index (χ1v) is 7.32. The Hall–Kier alpha value is -0.850. The molecule has 18 heavy (non-hydrogen) atoms. The summed E-state index contributed by atoms with van der Waals surface area (Å²) in [5.41, 5.74) is 1.75. The van der Waals surface area contributed by atoms with Crippen molar-refractivity contribution in [1.29, 1.82) is 0 Å². The van der Waals surface area contributed by atoms with Gasteiger partial charge >= 0.3 is 0 Å². The molecule has 100 valence electrons. The zero-order chi connectivity index (χ0) is 13.9. The molecule has 0 unspecified atom stereocenters. The molecule has 1 aromatic carbocycles. The predicted octanol–water partition coefficient (Wildman–Crippen LogP) is 3.41. The minimum absolute atomic E-state index is 0.121. The van der Waals surface area contributed by atoms with Crippen LogP contribution in [0, 0.1) is 11.6 Å². The van der Waals surface area contributed by atoms with Gasteiger partial charge in [0.25, 0.3) is 9.05 Å². The van der Waals surface area contributed by atoms with Crippen LogP contribution < -0.4 is 4.74 Å². The highest BCUT2D eigenvalue weighted by atomic mass is 35.7. The average Bonchev–Trinajstić information content (AvgIpc) is 2.26. The minimum atomic E-state index is -4.20. The van der Waals surface area contributed by atoms with E-state index in [0.717, 1.165) is 0 Å². The van der Waals surface area contributed by atoms with Crippen LogP contribution in [0.4, 0.5) is 8.78 Å². The zero-order valence-corrected chi connectivity index (χ0v) is 11.4. The number of hydrogen-bond acceptors (Lipinski definition) is 3. The van der Waals surface area contributed by atoms with Crippen LogP contribution in [0.15, 0.2) is 28.1 Å². The molecule has 0 fully saturated rings. The zero-order valence-electron chi connectivity index (χ0n) is 9.08. The van der Waals surface area contributed by atoms with Crippen LogP contribution in [-0.2, 0) is 9.05 Å². The summed E-state index contributed by atoms with van der Waals surface area (Å²) in [5, 5.41) is 0. The predicted molar refractivity (Wildman–Crippen MR) is 64.5 cm³/mol. The van der Waals surface area contributed by atoms with Crippen LogP contribution in [-0.4, -0.2) is 15.0 Å². The molecule has 0 spiro atoms. The molecular formula is C10H8Cl2F2O3S. The van der Waals surface area contributed by atoms with Gasteiger partial charge in [-0.15, -0.1) is 0 Å². The molecule has 0 radical (unpaired) electrons. The summed E-state index contributed by atoms with van der Waals surface area (Å²) < 4.78 is 53.6. The Balaban J connectivity index is 3.10. The Labute approximate surface area is 112 Å². The molecule has 0 aliphatic heterocycles. The van der Waals surface area contributed by atoms with Crippen molar-refractivity contribution in [3.8, 4) is 5.75 Å². The van der Waals surface area contributed by atoms with Crippen molar-refractivity contribution in [1.82, 2.24) is 0 Å². The molecule has 3 nitrogen and oxygen atoms in total. The highest BCUT2D eigenvalue weighted by Crippen LogP contribution is 2.27. The molecule has 0 atom stereocenters. The maximum absolute atomic E-state index is 13.5. The van der Waals surface area contributed by atoms with E-state index in [-0.39, 0.29) is 6.61 Å². The van der Waals surface area contributed by atoms with Crippen molar-refractivity contribution in [2.45, 2.75) is 11.8 Å². The molecule has 0 bridgehead atoms. The fraction of sp³-hybridized carbons (Fsp3) is 0.200. The molecule has 0 saturated heterocycles. The summed E-state index contributed by atoms with van der Waals surface area (Å²) in [6.45, 7) is 1.48. The van der Waals surface area contributed by atoms with Crippen LogP contribution >= 0.6 is 22.3 Å². The summed E-state index contributed by atoms with van der Waals surface area (Å²) in [4.78, 5) is -0.670. The van der Waals surface area contributed by atoms with Gasteiger partial charge < -0.3 is 4.74 Å². The molecule has 1 aromatic rings. The Kier molecular flexibility index (Phi) is 4.95. The summed E-state index contributed by atoms with van der Waals surface area (Å²) >= 11 is 5.36. The molecule has 0 aromatic heterocycles. The Morgan fingerprint density at radius 3 is 2.28 bits per heavy atom. The minimum Gasteiger partial charge on any atom is -0.483 e. The second kappa shape index (κ2) is 5.86. The maximum atomic E-state index is 13.5. The Morgan fingerprint density at radius 1 is 1.39 bits per heavy atom. The van der Waals surface area contributed by atoms with Crippen molar-refractivity contribution in [3.05, 3.63) is 34.9 Å². The topological polar surface area (TPSA) is 43.4 Å². The van der Waals surface area contributed by atoms with E-state index in [2.05, 4.69) is 0 Å². The Bertz CT molecular complexity index is 562.